The molecule has 1 fully saturated rings. The van der Waals surface area contributed by atoms with Crippen molar-refractivity contribution in [3.8, 4) is 0 Å². The fourth-order valence-electron chi connectivity index (χ4n) is 2.62. The van der Waals surface area contributed by atoms with Gasteiger partial charge in [0.2, 0.25) is 0 Å². The Bertz CT molecular complexity index is 567. The highest BCUT2D eigenvalue weighted by atomic mass is 35.5. The van der Waals surface area contributed by atoms with E-state index < -0.39 is 0 Å². The molecule has 1 aromatic carbocycles. The van der Waals surface area contributed by atoms with Crippen molar-refractivity contribution in [3.05, 3.63) is 29.3 Å². The summed E-state index contributed by atoms with van der Waals surface area (Å²) in [5.74, 6) is -0.248. The lowest BCUT2D eigenvalue weighted by Crippen LogP contribution is -2.43. The minimum absolute atomic E-state index is 0.153. The van der Waals surface area contributed by atoms with Crippen molar-refractivity contribution in [2.45, 2.75) is 19.4 Å². The quantitative estimate of drug-likeness (QED) is 0.859. The largest absolute Gasteiger partial charge is 0.468 e. The molecule has 2 amide bonds. The summed E-state index contributed by atoms with van der Waals surface area (Å²) < 4.78 is 4.78. The number of hydrogen-bond acceptors (Lipinski definition) is 4. The van der Waals surface area contributed by atoms with E-state index in [2.05, 4.69) is 5.32 Å². The summed E-state index contributed by atoms with van der Waals surface area (Å²) in [4.78, 5) is 27.8. The van der Waals surface area contributed by atoms with Crippen LogP contribution in [-0.4, -0.2) is 61.1 Å². The summed E-state index contributed by atoms with van der Waals surface area (Å²) in [7, 11) is 1.39. The number of halogens is 1. The minimum atomic E-state index is -0.295. The molecule has 7 heteroatoms. The number of urea groups is 1. The number of ether oxygens (including phenoxy) is 1. The molecular formula is C16H22ClN3O3. The van der Waals surface area contributed by atoms with Gasteiger partial charge in [0.15, 0.2) is 0 Å². The molecule has 0 saturated carbocycles. The third-order valence-electron chi connectivity index (χ3n) is 3.98. The Hall–Kier alpha value is -1.79. The van der Waals surface area contributed by atoms with Gasteiger partial charge in [0.25, 0.3) is 0 Å². The normalized spacial score (nSPS) is 17.3. The molecule has 6 nitrogen and oxygen atoms in total. The Balaban J connectivity index is 1.92. The molecule has 1 saturated heterocycles. The highest BCUT2D eigenvalue weighted by molar-refractivity contribution is 6.30. The Labute approximate surface area is 141 Å². The van der Waals surface area contributed by atoms with Crippen LogP contribution in [-0.2, 0) is 9.53 Å². The number of carbonyl (C=O) groups excluding carboxylic acids is 2. The molecule has 0 aliphatic carbocycles. The second-order valence-electron chi connectivity index (χ2n) is 5.52. The zero-order valence-corrected chi connectivity index (χ0v) is 14.2. The van der Waals surface area contributed by atoms with Crippen LogP contribution in [0, 0.1) is 0 Å². The summed E-state index contributed by atoms with van der Waals surface area (Å²) in [6, 6.07) is 6.61. The highest BCUT2D eigenvalue weighted by Gasteiger charge is 2.26. The molecule has 1 aliphatic rings. The number of esters is 1. The van der Waals surface area contributed by atoms with Gasteiger partial charge in [-0.25, -0.2) is 4.79 Å². The minimum Gasteiger partial charge on any atom is -0.468 e. The molecule has 0 spiro atoms. The van der Waals surface area contributed by atoms with Gasteiger partial charge < -0.3 is 15.0 Å². The molecule has 0 radical (unpaired) electrons. The highest BCUT2D eigenvalue weighted by Crippen LogP contribution is 2.16. The Morgan fingerprint density at radius 1 is 1.26 bits per heavy atom. The first-order chi connectivity index (χ1) is 11.0. The van der Waals surface area contributed by atoms with E-state index in [0.717, 1.165) is 13.0 Å². The van der Waals surface area contributed by atoms with Gasteiger partial charge in [0.05, 0.1) is 7.11 Å². The number of benzene rings is 1. The van der Waals surface area contributed by atoms with E-state index in [1.165, 1.54) is 7.11 Å². The van der Waals surface area contributed by atoms with Crippen LogP contribution in [0.25, 0.3) is 0 Å². The first kappa shape index (κ1) is 17.6. The lowest BCUT2D eigenvalue weighted by Gasteiger charge is -2.25. The predicted molar refractivity (Wildman–Crippen MR) is 89.7 cm³/mol. The van der Waals surface area contributed by atoms with Crippen LogP contribution < -0.4 is 5.32 Å². The van der Waals surface area contributed by atoms with Crippen LogP contribution in [0.1, 0.15) is 13.3 Å². The molecule has 1 atom stereocenters. The average Bonchev–Trinajstić information content (AvgIpc) is 2.79. The molecule has 1 aliphatic heterocycles. The van der Waals surface area contributed by atoms with Crippen LogP contribution in [0.4, 0.5) is 10.5 Å². The molecule has 23 heavy (non-hydrogen) atoms. The molecule has 2 rings (SSSR count). The maximum atomic E-state index is 12.4. The number of rotatable bonds is 3. The Kier molecular flexibility index (Phi) is 6.24. The third-order valence-corrected chi connectivity index (χ3v) is 4.22. The third kappa shape index (κ3) is 4.84. The summed E-state index contributed by atoms with van der Waals surface area (Å²) in [6.45, 7) is 4.44. The lowest BCUT2D eigenvalue weighted by atomic mass is 10.2. The van der Waals surface area contributed by atoms with Crippen molar-refractivity contribution >= 4 is 29.3 Å². The number of methoxy groups -OCH3 is 1. The second kappa shape index (κ2) is 8.17. The summed E-state index contributed by atoms with van der Waals surface area (Å²) in [6.07, 6.45) is 0.810. The van der Waals surface area contributed by atoms with Crippen LogP contribution in [0.3, 0.4) is 0 Å². The zero-order valence-electron chi connectivity index (χ0n) is 13.4. The van der Waals surface area contributed by atoms with Gasteiger partial charge in [-0.05, 0) is 31.5 Å². The average molecular weight is 340 g/mol. The van der Waals surface area contributed by atoms with Crippen molar-refractivity contribution in [3.63, 3.8) is 0 Å². The fraction of sp³-hybridized carbons (Fsp3) is 0.500. The Morgan fingerprint density at radius 2 is 2.04 bits per heavy atom. The van der Waals surface area contributed by atoms with Gasteiger partial charge in [-0.3, -0.25) is 9.69 Å². The molecule has 1 heterocycles. The first-order valence-corrected chi connectivity index (χ1v) is 8.02. The number of nitrogens with zero attached hydrogens (tertiary/aromatic N) is 2. The van der Waals surface area contributed by atoms with E-state index in [1.54, 1.807) is 29.2 Å². The zero-order chi connectivity index (χ0) is 16.8. The second-order valence-corrected chi connectivity index (χ2v) is 5.95. The van der Waals surface area contributed by atoms with Gasteiger partial charge in [-0.2, -0.15) is 0 Å². The maximum Gasteiger partial charge on any atom is 0.322 e. The maximum absolute atomic E-state index is 12.4. The van der Waals surface area contributed by atoms with Crippen LogP contribution >= 0.6 is 11.6 Å². The van der Waals surface area contributed by atoms with Crippen molar-refractivity contribution in [2.24, 2.45) is 0 Å². The predicted octanol–water partition coefficient (Wildman–Crippen LogP) is 2.44. The monoisotopic (exact) mass is 339 g/mol. The van der Waals surface area contributed by atoms with Gasteiger partial charge in [-0.1, -0.05) is 17.7 Å². The van der Waals surface area contributed by atoms with Gasteiger partial charge in [0.1, 0.15) is 6.04 Å². The van der Waals surface area contributed by atoms with E-state index in [9.17, 15) is 9.59 Å². The van der Waals surface area contributed by atoms with E-state index in [-0.39, 0.29) is 18.0 Å². The van der Waals surface area contributed by atoms with Crippen LogP contribution in [0.15, 0.2) is 24.3 Å². The molecule has 0 aromatic heterocycles. The fourth-order valence-corrected chi connectivity index (χ4v) is 2.81. The van der Waals surface area contributed by atoms with Crippen molar-refractivity contribution in [1.82, 2.24) is 9.80 Å². The summed E-state index contributed by atoms with van der Waals surface area (Å²) in [5.41, 5.74) is 0.673. The van der Waals surface area contributed by atoms with Crippen molar-refractivity contribution < 1.29 is 14.3 Å². The van der Waals surface area contributed by atoms with Crippen LogP contribution in [0.5, 0.6) is 0 Å². The first-order valence-electron chi connectivity index (χ1n) is 7.64. The number of nitrogens with one attached hydrogen (secondary N) is 1. The topological polar surface area (TPSA) is 61.9 Å². The van der Waals surface area contributed by atoms with Gasteiger partial charge in [-0.15, -0.1) is 0 Å². The number of amides is 2. The molecule has 126 valence electrons. The molecule has 1 aromatic rings. The molecule has 0 bridgehead atoms. The van der Waals surface area contributed by atoms with Crippen molar-refractivity contribution in [2.75, 3.05) is 38.6 Å². The number of anilines is 1. The number of hydrogen-bond donors (Lipinski definition) is 1. The lowest BCUT2D eigenvalue weighted by molar-refractivity contribution is -0.146. The smallest absolute Gasteiger partial charge is 0.322 e. The Morgan fingerprint density at radius 3 is 2.74 bits per heavy atom. The van der Waals surface area contributed by atoms with Crippen molar-refractivity contribution in [1.29, 1.82) is 0 Å². The van der Waals surface area contributed by atoms with Crippen LogP contribution in [0.2, 0.25) is 5.02 Å². The van der Waals surface area contributed by atoms with Gasteiger partial charge in [0, 0.05) is 36.9 Å². The standard InChI is InChI=1S/C16H22ClN3O3/c1-12(15(21)23-2)19-7-4-8-20(10-9-19)16(22)18-14-6-3-5-13(17)11-14/h3,5-6,11-12H,4,7-10H2,1-2H3,(H,18,22)/t12-/m1/s1. The number of carbonyl (C=O) groups is 2. The van der Waals surface area contributed by atoms with E-state index >= 15 is 0 Å². The van der Waals surface area contributed by atoms with E-state index in [0.29, 0.717) is 30.3 Å². The van der Waals surface area contributed by atoms with Gasteiger partial charge >= 0.3 is 12.0 Å². The molecule has 1 N–H and O–H groups in total. The van der Waals surface area contributed by atoms with E-state index in [4.69, 9.17) is 16.3 Å². The molecular weight excluding hydrogens is 318 g/mol. The molecule has 0 unspecified atom stereocenters. The SMILES string of the molecule is COC(=O)[C@@H](C)N1CCCN(C(=O)Nc2cccc(Cl)c2)CC1. The van der Waals surface area contributed by atoms with E-state index in [1.807, 2.05) is 11.8 Å². The summed E-state index contributed by atoms with van der Waals surface area (Å²) >= 11 is 5.92. The summed E-state index contributed by atoms with van der Waals surface area (Å²) in [5, 5.41) is 3.43.